The summed E-state index contributed by atoms with van der Waals surface area (Å²) in [5, 5.41) is 6.83. The summed E-state index contributed by atoms with van der Waals surface area (Å²) in [4.78, 5) is 7.34. The first-order valence-electron chi connectivity index (χ1n) is 6.74. The van der Waals surface area contributed by atoms with Crippen molar-refractivity contribution in [1.29, 1.82) is 0 Å². The lowest BCUT2D eigenvalue weighted by atomic mass is 9.96. The fraction of sp³-hybridized carbons (Fsp3) is 0.786. The lowest BCUT2D eigenvalue weighted by Gasteiger charge is -2.23. The number of hydrogen-bond acceptors (Lipinski definition) is 4. The molecule has 0 bridgehead atoms. The molecule has 1 aliphatic heterocycles. The van der Waals surface area contributed by atoms with Crippen LogP contribution in [0.4, 0.5) is 0 Å². The second-order valence-corrected chi connectivity index (χ2v) is 7.22. The molecular formula is C14H25N3S. The van der Waals surface area contributed by atoms with Gasteiger partial charge in [0, 0.05) is 10.8 Å². The molecule has 2 heterocycles. The van der Waals surface area contributed by atoms with Crippen molar-refractivity contribution in [2.75, 3.05) is 27.2 Å². The molecule has 0 aromatic carbocycles. The summed E-state index contributed by atoms with van der Waals surface area (Å²) in [7, 11) is 4.26. The number of hydrogen-bond donors (Lipinski definition) is 1. The average Bonchev–Trinajstić information content (AvgIpc) is 2.85. The van der Waals surface area contributed by atoms with E-state index in [2.05, 4.69) is 43.4 Å². The summed E-state index contributed by atoms with van der Waals surface area (Å²) in [6.07, 6.45) is 1.27. The monoisotopic (exact) mass is 267 g/mol. The Hall–Kier alpha value is -0.450. The highest BCUT2D eigenvalue weighted by Crippen LogP contribution is 2.37. The van der Waals surface area contributed by atoms with Gasteiger partial charge in [0.15, 0.2) is 0 Å². The van der Waals surface area contributed by atoms with E-state index in [0.29, 0.717) is 12.0 Å². The Labute approximate surface area is 115 Å². The largest absolute Gasteiger partial charge is 0.319 e. The van der Waals surface area contributed by atoms with Crippen LogP contribution in [-0.4, -0.2) is 37.1 Å². The van der Waals surface area contributed by atoms with Gasteiger partial charge in [0.05, 0.1) is 16.7 Å². The van der Waals surface area contributed by atoms with Crippen LogP contribution in [0.2, 0.25) is 0 Å². The van der Waals surface area contributed by atoms with Gasteiger partial charge in [0.2, 0.25) is 0 Å². The molecular weight excluding hydrogens is 242 g/mol. The summed E-state index contributed by atoms with van der Waals surface area (Å²) in [5.41, 5.74) is 1.43. The molecule has 18 heavy (non-hydrogen) atoms. The molecule has 0 radical (unpaired) electrons. The van der Waals surface area contributed by atoms with Gasteiger partial charge in [-0.05, 0) is 39.5 Å². The fourth-order valence-corrected chi connectivity index (χ4v) is 3.67. The molecule has 2 atom stereocenters. The molecule has 2 unspecified atom stereocenters. The smallest absolute Gasteiger partial charge is 0.0982 e. The van der Waals surface area contributed by atoms with E-state index in [0.717, 1.165) is 6.54 Å². The summed E-state index contributed by atoms with van der Waals surface area (Å²) in [6, 6.07) is 0.491. The predicted octanol–water partition coefficient (Wildman–Crippen LogP) is 2.65. The van der Waals surface area contributed by atoms with Gasteiger partial charge < -0.3 is 5.32 Å². The normalized spacial score (nSPS) is 25.8. The minimum atomic E-state index is 0.165. The fourth-order valence-electron chi connectivity index (χ4n) is 2.74. The Bertz CT molecular complexity index is 392. The van der Waals surface area contributed by atoms with Crippen LogP contribution in [0.15, 0.2) is 5.38 Å². The van der Waals surface area contributed by atoms with Crippen LogP contribution in [0.5, 0.6) is 0 Å². The van der Waals surface area contributed by atoms with Crippen LogP contribution in [0, 0.1) is 5.92 Å². The maximum Gasteiger partial charge on any atom is 0.0982 e. The van der Waals surface area contributed by atoms with Crippen molar-refractivity contribution in [2.45, 2.75) is 38.6 Å². The van der Waals surface area contributed by atoms with E-state index in [4.69, 9.17) is 4.98 Å². The third-order valence-corrected chi connectivity index (χ3v) is 4.99. The maximum absolute atomic E-state index is 4.90. The van der Waals surface area contributed by atoms with Crippen molar-refractivity contribution < 1.29 is 0 Å². The number of nitrogens with zero attached hydrogens (tertiary/aromatic N) is 2. The average molecular weight is 267 g/mol. The van der Waals surface area contributed by atoms with Crippen LogP contribution in [0.25, 0.3) is 0 Å². The van der Waals surface area contributed by atoms with Gasteiger partial charge in [-0.2, -0.15) is 0 Å². The Morgan fingerprint density at radius 1 is 1.50 bits per heavy atom. The molecule has 0 spiro atoms. The molecule has 1 saturated heterocycles. The van der Waals surface area contributed by atoms with Gasteiger partial charge in [-0.15, -0.1) is 11.3 Å². The lowest BCUT2D eigenvalue weighted by Crippen LogP contribution is -2.27. The summed E-state index contributed by atoms with van der Waals surface area (Å²) in [5.74, 6) is 0.690. The van der Waals surface area contributed by atoms with E-state index in [1.807, 2.05) is 18.4 Å². The molecule has 1 N–H and O–H groups in total. The quantitative estimate of drug-likeness (QED) is 0.912. The van der Waals surface area contributed by atoms with E-state index in [1.54, 1.807) is 0 Å². The first-order chi connectivity index (χ1) is 8.43. The number of likely N-dealkylation sites (tertiary alicyclic amines) is 1. The van der Waals surface area contributed by atoms with Crippen LogP contribution < -0.4 is 5.32 Å². The highest BCUT2D eigenvalue weighted by Gasteiger charge is 2.34. The van der Waals surface area contributed by atoms with Crippen LogP contribution in [0.3, 0.4) is 0 Å². The SMILES string of the molecule is CNCC1CCN(C)C1c1csc(C(C)(C)C)n1. The lowest BCUT2D eigenvalue weighted by molar-refractivity contribution is 0.269. The van der Waals surface area contributed by atoms with E-state index < -0.39 is 0 Å². The second kappa shape index (κ2) is 5.27. The van der Waals surface area contributed by atoms with Crippen LogP contribution >= 0.6 is 11.3 Å². The molecule has 3 nitrogen and oxygen atoms in total. The molecule has 0 amide bonds. The topological polar surface area (TPSA) is 28.2 Å². The summed E-state index contributed by atoms with van der Waals surface area (Å²) in [6.45, 7) is 8.97. The molecule has 1 aromatic heterocycles. The Morgan fingerprint density at radius 3 is 2.78 bits per heavy atom. The first-order valence-corrected chi connectivity index (χ1v) is 7.62. The Morgan fingerprint density at radius 2 is 2.22 bits per heavy atom. The molecule has 2 rings (SSSR count). The number of nitrogens with one attached hydrogen (secondary N) is 1. The standard InChI is InChI=1S/C14H25N3S/c1-14(2,3)13-16-11(9-18-13)12-10(8-15-4)6-7-17(12)5/h9-10,12,15H,6-8H2,1-5H3. The molecule has 0 saturated carbocycles. The zero-order valence-corrected chi connectivity index (χ0v) is 13.0. The summed E-state index contributed by atoms with van der Waals surface area (Å²) < 4.78 is 0. The highest BCUT2D eigenvalue weighted by atomic mass is 32.1. The third-order valence-electron chi connectivity index (χ3n) is 3.71. The van der Waals surface area contributed by atoms with E-state index in [-0.39, 0.29) is 5.41 Å². The Balaban J connectivity index is 2.21. The molecule has 4 heteroatoms. The first kappa shape index (κ1) is 14.0. The van der Waals surface area contributed by atoms with Gasteiger partial charge >= 0.3 is 0 Å². The number of aromatic nitrogens is 1. The second-order valence-electron chi connectivity index (χ2n) is 6.36. The minimum Gasteiger partial charge on any atom is -0.319 e. The van der Waals surface area contributed by atoms with Gasteiger partial charge in [0.25, 0.3) is 0 Å². The van der Waals surface area contributed by atoms with Gasteiger partial charge in [0.1, 0.15) is 0 Å². The highest BCUT2D eigenvalue weighted by molar-refractivity contribution is 7.09. The van der Waals surface area contributed by atoms with Crippen molar-refractivity contribution in [3.05, 3.63) is 16.1 Å². The van der Waals surface area contributed by atoms with Crippen LogP contribution in [-0.2, 0) is 5.41 Å². The molecule has 102 valence electrons. The van der Waals surface area contributed by atoms with Gasteiger partial charge in [-0.3, -0.25) is 4.90 Å². The third kappa shape index (κ3) is 2.76. The summed E-state index contributed by atoms with van der Waals surface area (Å²) >= 11 is 1.81. The minimum absolute atomic E-state index is 0.165. The molecule has 1 fully saturated rings. The van der Waals surface area contributed by atoms with E-state index >= 15 is 0 Å². The molecule has 0 aliphatic carbocycles. The van der Waals surface area contributed by atoms with E-state index in [9.17, 15) is 0 Å². The van der Waals surface area contributed by atoms with E-state index in [1.165, 1.54) is 23.7 Å². The van der Waals surface area contributed by atoms with Crippen molar-refractivity contribution in [2.24, 2.45) is 5.92 Å². The van der Waals surface area contributed by atoms with Crippen molar-refractivity contribution >= 4 is 11.3 Å². The van der Waals surface area contributed by atoms with Crippen molar-refractivity contribution in [3.63, 3.8) is 0 Å². The zero-order chi connectivity index (χ0) is 13.3. The molecule has 1 aliphatic rings. The molecule has 1 aromatic rings. The van der Waals surface area contributed by atoms with Crippen molar-refractivity contribution in [1.82, 2.24) is 15.2 Å². The maximum atomic E-state index is 4.90. The zero-order valence-electron chi connectivity index (χ0n) is 12.2. The van der Waals surface area contributed by atoms with Gasteiger partial charge in [-0.1, -0.05) is 20.8 Å². The predicted molar refractivity (Wildman–Crippen MR) is 78.2 cm³/mol. The Kier molecular flexibility index (Phi) is 4.09. The number of thiazole rings is 1. The van der Waals surface area contributed by atoms with Gasteiger partial charge in [-0.25, -0.2) is 4.98 Å². The van der Waals surface area contributed by atoms with Crippen molar-refractivity contribution in [3.8, 4) is 0 Å². The number of rotatable bonds is 3. The van der Waals surface area contributed by atoms with Crippen LogP contribution in [0.1, 0.15) is 43.9 Å².